The molecule has 0 spiro atoms. The molecule has 1 unspecified atom stereocenters. The highest BCUT2D eigenvalue weighted by atomic mass is 35.5. The Kier molecular flexibility index (Phi) is 3.94. The maximum Gasteiger partial charge on any atom is 0.295 e. The van der Waals surface area contributed by atoms with Crippen LogP contribution in [0.2, 0.25) is 5.02 Å². The summed E-state index contributed by atoms with van der Waals surface area (Å²) in [6.07, 6.45) is 3.42. The molecule has 2 aliphatic heterocycles. The number of fused-ring (bicyclic) bond motifs is 1. The first-order valence-corrected chi connectivity index (χ1v) is 8.30. The third kappa shape index (κ3) is 2.93. The van der Waals surface area contributed by atoms with E-state index in [2.05, 4.69) is 15.2 Å². The van der Waals surface area contributed by atoms with Crippen LogP contribution >= 0.6 is 11.6 Å². The normalized spacial score (nSPS) is 24.1. The molecule has 1 N–H and O–H groups in total. The van der Waals surface area contributed by atoms with Crippen molar-refractivity contribution < 1.29 is 9.15 Å². The smallest absolute Gasteiger partial charge is 0.295 e. The molecule has 1 atom stereocenters. The molecular weight excluding hydrogens is 302 g/mol. The van der Waals surface area contributed by atoms with Crippen molar-refractivity contribution >= 4 is 28.7 Å². The number of rotatable bonds is 3. The summed E-state index contributed by atoms with van der Waals surface area (Å²) in [5, 5.41) is 4.09. The minimum absolute atomic E-state index is 0.395. The molecule has 6 heteroatoms. The highest BCUT2D eigenvalue weighted by Gasteiger charge is 2.29. The molecule has 0 aliphatic carbocycles. The summed E-state index contributed by atoms with van der Waals surface area (Å²) in [4.78, 5) is 7.05. The summed E-state index contributed by atoms with van der Waals surface area (Å²) in [6, 6.07) is 7.18. The van der Waals surface area contributed by atoms with E-state index in [0.29, 0.717) is 23.1 Å². The van der Waals surface area contributed by atoms with Gasteiger partial charge in [0.15, 0.2) is 5.58 Å². The number of likely N-dealkylation sites (tertiary alicyclic amines) is 1. The number of nitrogens with zero attached hydrogens (tertiary/aromatic N) is 2. The number of aromatic nitrogens is 1. The fourth-order valence-electron chi connectivity index (χ4n) is 3.42. The molecule has 0 saturated carbocycles. The van der Waals surface area contributed by atoms with Crippen LogP contribution in [-0.2, 0) is 4.74 Å². The van der Waals surface area contributed by atoms with E-state index in [0.717, 1.165) is 56.7 Å². The third-order valence-electron chi connectivity index (χ3n) is 4.60. The Morgan fingerprint density at radius 2 is 2.09 bits per heavy atom. The van der Waals surface area contributed by atoms with Gasteiger partial charge < -0.3 is 14.5 Å². The van der Waals surface area contributed by atoms with Gasteiger partial charge in [-0.3, -0.25) is 4.90 Å². The summed E-state index contributed by atoms with van der Waals surface area (Å²) in [5.74, 6) is 0. The number of ether oxygens (including phenoxy) is 1. The lowest BCUT2D eigenvalue weighted by molar-refractivity contribution is 0.0421. The first-order chi connectivity index (χ1) is 10.8. The highest BCUT2D eigenvalue weighted by Crippen LogP contribution is 2.25. The van der Waals surface area contributed by atoms with Crippen molar-refractivity contribution in [3.8, 4) is 0 Å². The van der Waals surface area contributed by atoms with E-state index >= 15 is 0 Å². The summed E-state index contributed by atoms with van der Waals surface area (Å²) < 4.78 is 11.2. The molecule has 1 aromatic carbocycles. The maximum absolute atomic E-state index is 5.98. The average molecular weight is 322 g/mol. The average Bonchev–Trinajstić information content (AvgIpc) is 3.14. The first-order valence-electron chi connectivity index (χ1n) is 7.92. The van der Waals surface area contributed by atoms with Crippen LogP contribution in [0.15, 0.2) is 22.6 Å². The molecule has 0 amide bonds. The highest BCUT2D eigenvalue weighted by molar-refractivity contribution is 6.31. The molecule has 118 valence electrons. The van der Waals surface area contributed by atoms with Crippen LogP contribution in [0.3, 0.4) is 0 Å². The molecule has 3 heterocycles. The van der Waals surface area contributed by atoms with E-state index in [1.165, 1.54) is 0 Å². The lowest BCUT2D eigenvalue weighted by atomic mass is 10.1. The number of benzene rings is 1. The largest absolute Gasteiger partial charge is 0.423 e. The van der Waals surface area contributed by atoms with Gasteiger partial charge in [-0.2, -0.15) is 4.98 Å². The first kappa shape index (κ1) is 14.3. The van der Waals surface area contributed by atoms with Crippen molar-refractivity contribution in [1.29, 1.82) is 0 Å². The van der Waals surface area contributed by atoms with E-state index in [1.54, 1.807) is 6.07 Å². The molecule has 2 aliphatic rings. The minimum atomic E-state index is 0.395. The van der Waals surface area contributed by atoms with Crippen molar-refractivity contribution in [3.05, 3.63) is 23.2 Å². The minimum Gasteiger partial charge on any atom is -0.423 e. The number of hydrogen-bond acceptors (Lipinski definition) is 5. The summed E-state index contributed by atoms with van der Waals surface area (Å²) in [7, 11) is 0. The van der Waals surface area contributed by atoms with Crippen LogP contribution in [0.4, 0.5) is 6.01 Å². The van der Waals surface area contributed by atoms with Crippen LogP contribution in [0.1, 0.15) is 19.3 Å². The molecule has 2 saturated heterocycles. The van der Waals surface area contributed by atoms with Crippen molar-refractivity contribution in [3.63, 3.8) is 0 Å². The predicted octanol–water partition coefficient (Wildman–Crippen LogP) is 3.15. The zero-order chi connectivity index (χ0) is 14.9. The Morgan fingerprint density at radius 1 is 1.23 bits per heavy atom. The lowest BCUT2D eigenvalue weighted by Crippen LogP contribution is -2.39. The second kappa shape index (κ2) is 6.07. The maximum atomic E-state index is 5.98. The molecule has 0 bridgehead atoms. The van der Waals surface area contributed by atoms with Crippen molar-refractivity contribution in [2.45, 2.75) is 31.3 Å². The third-order valence-corrected chi connectivity index (χ3v) is 4.84. The van der Waals surface area contributed by atoms with Gasteiger partial charge in [-0.15, -0.1) is 0 Å². The Morgan fingerprint density at radius 3 is 2.95 bits per heavy atom. The van der Waals surface area contributed by atoms with Gasteiger partial charge >= 0.3 is 0 Å². The van der Waals surface area contributed by atoms with Crippen molar-refractivity contribution in [2.24, 2.45) is 0 Å². The SMILES string of the molecule is Clc1ccc2nc(NC3CCN(C4CCOCC4)C3)oc2c1. The number of nitrogens with one attached hydrogen (secondary N) is 1. The van der Waals surface area contributed by atoms with Gasteiger partial charge in [-0.1, -0.05) is 11.6 Å². The second-order valence-corrected chi connectivity index (χ2v) is 6.54. The summed E-state index contributed by atoms with van der Waals surface area (Å²) in [6.45, 7) is 3.97. The van der Waals surface area contributed by atoms with E-state index < -0.39 is 0 Å². The van der Waals surface area contributed by atoms with Gasteiger partial charge in [-0.05, 0) is 31.4 Å². The number of halogens is 1. The molecule has 0 radical (unpaired) electrons. The zero-order valence-corrected chi connectivity index (χ0v) is 13.2. The molecule has 4 rings (SSSR count). The van der Waals surface area contributed by atoms with Gasteiger partial charge in [-0.25, -0.2) is 0 Å². The fourth-order valence-corrected chi connectivity index (χ4v) is 3.58. The van der Waals surface area contributed by atoms with Crippen LogP contribution < -0.4 is 5.32 Å². The van der Waals surface area contributed by atoms with E-state index in [9.17, 15) is 0 Å². The van der Waals surface area contributed by atoms with Gasteiger partial charge in [0.2, 0.25) is 0 Å². The van der Waals surface area contributed by atoms with Crippen LogP contribution in [0, 0.1) is 0 Å². The second-order valence-electron chi connectivity index (χ2n) is 6.10. The van der Waals surface area contributed by atoms with Gasteiger partial charge in [0.25, 0.3) is 6.01 Å². The monoisotopic (exact) mass is 321 g/mol. The standard InChI is InChI=1S/C16H20ClN3O2/c17-11-1-2-14-15(9-11)22-16(19-14)18-12-3-6-20(10-12)13-4-7-21-8-5-13/h1-2,9,12-13H,3-8,10H2,(H,18,19). The lowest BCUT2D eigenvalue weighted by Gasteiger charge is -2.30. The molecule has 22 heavy (non-hydrogen) atoms. The zero-order valence-electron chi connectivity index (χ0n) is 12.4. The molecule has 2 fully saturated rings. The quantitative estimate of drug-likeness (QED) is 0.941. The Hall–Kier alpha value is -1.30. The molecule has 5 nitrogen and oxygen atoms in total. The Bertz CT molecular complexity index is 654. The van der Waals surface area contributed by atoms with Gasteiger partial charge in [0.1, 0.15) is 5.52 Å². The van der Waals surface area contributed by atoms with Crippen LogP contribution in [0.5, 0.6) is 0 Å². The van der Waals surface area contributed by atoms with E-state index in [-0.39, 0.29) is 0 Å². The van der Waals surface area contributed by atoms with Gasteiger partial charge in [0, 0.05) is 49.5 Å². The summed E-state index contributed by atoms with van der Waals surface area (Å²) in [5.41, 5.74) is 1.57. The number of oxazole rings is 1. The van der Waals surface area contributed by atoms with Crippen LogP contribution in [0.25, 0.3) is 11.1 Å². The van der Waals surface area contributed by atoms with E-state index in [1.807, 2.05) is 12.1 Å². The van der Waals surface area contributed by atoms with Crippen molar-refractivity contribution in [2.75, 3.05) is 31.6 Å². The van der Waals surface area contributed by atoms with Gasteiger partial charge in [0.05, 0.1) is 0 Å². The fraction of sp³-hybridized carbons (Fsp3) is 0.562. The molecular formula is C16H20ClN3O2. The Balaban J connectivity index is 1.40. The van der Waals surface area contributed by atoms with Crippen LogP contribution in [-0.4, -0.2) is 48.3 Å². The van der Waals surface area contributed by atoms with E-state index in [4.69, 9.17) is 20.8 Å². The summed E-state index contributed by atoms with van der Waals surface area (Å²) >= 11 is 5.98. The molecule has 1 aromatic heterocycles. The molecule has 2 aromatic rings. The number of anilines is 1. The predicted molar refractivity (Wildman–Crippen MR) is 86.5 cm³/mol. The number of hydrogen-bond donors (Lipinski definition) is 1. The Labute approximate surface area is 134 Å². The van der Waals surface area contributed by atoms with Crippen molar-refractivity contribution in [1.82, 2.24) is 9.88 Å². The topological polar surface area (TPSA) is 50.5 Å².